The normalized spacial score (nSPS) is 11.2. The van der Waals surface area contributed by atoms with Crippen LogP contribution in [-0.2, 0) is 4.79 Å². The van der Waals surface area contributed by atoms with E-state index < -0.39 is 5.91 Å². The van der Waals surface area contributed by atoms with Gasteiger partial charge >= 0.3 is 0 Å². The van der Waals surface area contributed by atoms with Crippen molar-refractivity contribution >= 4 is 63.2 Å². The maximum absolute atomic E-state index is 13.5. The Bertz CT molecular complexity index is 1660. The van der Waals surface area contributed by atoms with E-state index in [1.807, 2.05) is 84.2 Å². The molecule has 0 unspecified atom stereocenters. The molecule has 0 fully saturated rings. The maximum atomic E-state index is 13.5. The van der Waals surface area contributed by atoms with E-state index in [1.54, 1.807) is 36.4 Å². The van der Waals surface area contributed by atoms with Crippen molar-refractivity contribution in [3.8, 4) is 0 Å². The zero-order valence-corrected chi connectivity index (χ0v) is 22.4. The minimum Gasteiger partial charge on any atom is -0.321 e. The number of Topliss-reactive ketones (excluding diaryl/α,β-unsaturated/α-hetero) is 1. The number of hydrogen-bond donors (Lipinski definition) is 2. The van der Waals surface area contributed by atoms with Gasteiger partial charge in [-0.2, -0.15) is 0 Å². The van der Waals surface area contributed by atoms with Crippen molar-refractivity contribution in [3.63, 3.8) is 0 Å². The number of thiophene rings is 1. The molecule has 0 aliphatic carbocycles. The third kappa shape index (κ3) is 6.71. The highest BCUT2D eigenvalue weighted by Gasteiger charge is 2.16. The fourth-order valence-electron chi connectivity index (χ4n) is 3.99. The van der Waals surface area contributed by atoms with Crippen LogP contribution < -0.4 is 10.6 Å². The molecule has 0 spiro atoms. The predicted molar refractivity (Wildman–Crippen MR) is 160 cm³/mol. The fourth-order valence-corrected chi connectivity index (χ4v) is 5.59. The molecule has 2 N–H and O–H groups in total. The largest absolute Gasteiger partial charge is 0.321 e. The second-order valence-corrected chi connectivity index (χ2v) is 10.6. The zero-order chi connectivity index (χ0) is 27.0. The topological polar surface area (TPSA) is 75.3 Å². The van der Waals surface area contributed by atoms with Crippen LogP contribution in [0, 0.1) is 0 Å². The van der Waals surface area contributed by atoms with Gasteiger partial charge in [-0.3, -0.25) is 14.4 Å². The Morgan fingerprint density at radius 2 is 1.56 bits per heavy atom. The molecule has 0 saturated carbocycles. The summed E-state index contributed by atoms with van der Waals surface area (Å²) in [7, 11) is 0. The molecule has 2 amide bonds. The molecule has 7 heteroatoms. The lowest BCUT2D eigenvalue weighted by Gasteiger charge is -2.13. The lowest BCUT2D eigenvalue weighted by molar-refractivity contribution is -0.113. The van der Waals surface area contributed by atoms with Gasteiger partial charge in [-0.25, -0.2) is 0 Å². The first-order valence-electron chi connectivity index (χ1n) is 12.2. The summed E-state index contributed by atoms with van der Waals surface area (Å²) in [5, 5.41) is 9.58. The molecule has 192 valence electrons. The van der Waals surface area contributed by atoms with Gasteiger partial charge in [0.1, 0.15) is 5.70 Å². The van der Waals surface area contributed by atoms with Gasteiger partial charge in [0.05, 0.1) is 10.6 Å². The molecule has 0 aliphatic rings. The monoisotopic (exact) mass is 548 g/mol. The molecule has 1 aromatic heterocycles. The minimum atomic E-state index is -0.455. The van der Waals surface area contributed by atoms with Crippen LogP contribution in [0.1, 0.15) is 25.6 Å². The molecule has 5 nitrogen and oxygen atoms in total. The Hall–Kier alpha value is -4.46. The van der Waals surface area contributed by atoms with E-state index >= 15 is 0 Å². The Morgan fingerprint density at radius 1 is 0.795 bits per heavy atom. The van der Waals surface area contributed by atoms with Crippen LogP contribution >= 0.6 is 23.1 Å². The highest BCUT2D eigenvalue weighted by atomic mass is 32.2. The summed E-state index contributed by atoms with van der Waals surface area (Å²) in [6.45, 7) is 0. The average molecular weight is 549 g/mol. The third-order valence-electron chi connectivity index (χ3n) is 5.91. The highest BCUT2D eigenvalue weighted by Crippen LogP contribution is 2.25. The van der Waals surface area contributed by atoms with Crippen LogP contribution in [0.3, 0.4) is 0 Å². The van der Waals surface area contributed by atoms with E-state index in [2.05, 4.69) is 10.6 Å². The van der Waals surface area contributed by atoms with E-state index in [0.29, 0.717) is 17.0 Å². The lowest BCUT2D eigenvalue weighted by atomic mass is 10.0. The van der Waals surface area contributed by atoms with Gasteiger partial charge in [0.2, 0.25) is 0 Å². The maximum Gasteiger partial charge on any atom is 0.272 e. The SMILES string of the molecule is O=C(Nc1cccc(SCC(=O)c2cccs2)c1)/C(=C/c1cccc2ccccc12)NC(=O)c1ccccc1. The summed E-state index contributed by atoms with van der Waals surface area (Å²) in [5.41, 5.74) is 1.93. The number of rotatable bonds is 9. The smallest absolute Gasteiger partial charge is 0.272 e. The van der Waals surface area contributed by atoms with E-state index in [1.165, 1.54) is 23.1 Å². The molecule has 1 heterocycles. The predicted octanol–water partition coefficient (Wildman–Crippen LogP) is 7.29. The first kappa shape index (κ1) is 26.2. The van der Waals surface area contributed by atoms with Crippen molar-refractivity contribution in [2.75, 3.05) is 11.1 Å². The van der Waals surface area contributed by atoms with Crippen molar-refractivity contribution in [2.24, 2.45) is 0 Å². The molecule has 0 bridgehead atoms. The third-order valence-corrected chi connectivity index (χ3v) is 7.81. The summed E-state index contributed by atoms with van der Waals surface area (Å²) < 4.78 is 0. The van der Waals surface area contributed by atoms with E-state index in [4.69, 9.17) is 0 Å². The quantitative estimate of drug-likeness (QED) is 0.115. The number of amides is 2. The van der Waals surface area contributed by atoms with E-state index in [0.717, 1.165) is 26.1 Å². The average Bonchev–Trinajstić information content (AvgIpc) is 3.52. The van der Waals surface area contributed by atoms with Gasteiger partial charge in [0.15, 0.2) is 5.78 Å². The summed E-state index contributed by atoms with van der Waals surface area (Å²) in [6.07, 6.45) is 1.69. The number of nitrogens with one attached hydrogen (secondary N) is 2. The van der Waals surface area contributed by atoms with Crippen LogP contribution in [0.25, 0.3) is 16.8 Å². The molecule has 0 radical (unpaired) electrons. The molecule has 4 aromatic carbocycles. The first-order valence-corrected chi connectivity index (χ1v) is 14.1. The Labute approximate surface area is 234 Å². The van der Waals surface area contributed by atoms with Crippen molar-refractivity contribution < 1.29 is 14.4 Å². The van der Waals surface area contributed by atoms with Gasteiger partial charge < -0.3 is 10.6 Å². The number of thioether (sulfide) groups is 1. The number of carbonyl (C=O) groups is 3. The fraction of sp³-hybridized carbons (Fsp3) is 0.0312. The highest BCUT2D eigenvalue weighted by molar-refractivity contribution is 8.00. The van der Waals surface area contributed by atoms with E-state index in [-0.39, 0.29) is 17.4 Å². The van der Waals surface area contributed by atoms with Gasteiger partial charge in [-0.1, -0.05) is 72.8 Å². The number of hydrogen-bond acceptors (Lipinski definition) is 5. The number of ketones is 1. The standard InChI is InChI=1S/C32H24N2O3S2/c35-29(30-17-8-18-38-30)21-39-26-15-7-14-25(20-26)33-32(37)28(34-31(36)23-10-2-1-3-11-23)19-24-13-6-12-22-9-4-5-16-27(22)24/h1-20H,21H2,(H,33,37)(H,34,36)/b28-19-. The summed E-state index contributed by atoms with van der Waals surface area (Å²) >= 11 is 2.83. The Balaban J connectivity index is 1.39. The Kier molecular flexibility index (Phi) is 8.31. The van der Waals surface area contributed by atoms with Crippen molar-refractivity contribution in [1.29, 1.82) is 0 Å². The minimum absolute atomic E-state index is 0.0633. The molecule has 0 aliphatic heterocycles. The Morgan fingerprint density at radius 3 is 2.38 bits per heavy atom. The van der Waals surface area contributed by atoms with Crippen LogP contribution in [0.2, 0.25) is 0 Å². The van der Waals surface area contributed by atoms with E-state index in [9.17, 15) is 14.4 Å². The van der Waals surface area contributed by atoms with Gasteiger partial charge in [0, 0.05) is 16.1 Å². The molecule has 0 atom stereocenters. The summed E-state index contributed by atoms with van der Waals surface area (Å²) in [4.78, 5) is 40.5. The van der Waals surface area contributed by atoms with Crippen molar-refractivity contribution in [3.05, 3.63) is 136 Å². The number of fused-ring (bicyclic) bond motifs is 1. The van der Waals surface area contributed by atoms with Crippen molar-refractivity contribution in [1.82, 2.24) is 5.32 Å². The number of benzene rings is 4. The summed E-state index contributed by atoms with van der Waals surface area (Å²) in [6, 6.07) is 33.5. The first-order chi connectivity index (χ1) is 19.1. The number of anilines is 1. The molecular weight excluding hydrogens is 524 g/mol. The number of carbonyl (C=O) groups excluding carboxylic acids is 3. The van der Waals surface area contributed by atoms with Crippen LogP contribution in [0.4, 0.5) is 5.69 Å². The van der Waals surface area contributed by atoms with Gasteiger partial charge in [0.25, 0.3) is 11.8 Å². The van der Waals surface area contributed by atoms with Crippen molar-refractivity contribution in [2.45, 2.75) is 4.90 Å². The second kappa shape index (κ2) is 12.4. The van der Waals surface area contributed by atoms with Crippen LogP contribution in [0.15, 0.2) is 125 Å². The second-order valence-electron chi connectivity index (χ2n) is 8.62. The molecule has 5 rings (SSSR count). The molecule has 39 heavy (non-hydrogen) atoms. The lowest BCUT2D eigenvalue weighted by Crippen LogP contribution is -2.30. The summed E-state index contributed by atoms with van der Waals surface area (Å²) in [5.74, 6) is -0.469. The zero-order valence-electron chi connectivity index (χ0n) is 20.8. The van der Waals surface area contributed by atoms with Gasteiger partial charge in [-0.05, 0) is 64.2 Å². The van der Waals surface area contributed by atoms with Crippen LogP contribution in [-0.4, -0.2) is 23.4 Å². The van der Waals surface area contributed by atoms with Gasteiger partial charge in [-0.15, -0.1) is 23.1 Å². The molecule has 5 aromatic rings. The molecule has 0 saturated heterocycles. The molecular formula is C32H24N2O3S2. The van der Waals surface area contributed by atoms with Crippen LogP contribution in [0.5, 0.6) is 0 Å².